The number of sulfonamides is 1. The molecule has 0 saturated heterocycles. The Hall–Kier alpha value is -3.85. The van der Waals surface area contributed by atoms with Crippen LogP contribution >= 0.6 is 23.2 Å². The summed E-state index contributed by atoms with van der Waals surface area (Å²) in [5.74, 6) is -1.01. The average molecular weight is 625 g/mol. The number of benzene rings is 4. The first-order valence-electron chi connectivity index (χ1n) is 13.2. The van der Waals surface area contributed by atoms with Gasteiger partial charge in [-0.25, -0.2) is 8.42 Å². The maximum Gasteiger partial charge on any atom is 0.264 e. The lowest BCUT2D eigenvalue weighted by molar-refractivity contribution is -0.139. The van der Waals surface area contributed by atoms with E-state index >= 15 is 0 Å². The third-order valence-corrected chi connectivity index (χ3v) is 9.30. The van der Waals surface area contributed by atoms with Crippen LogP contribution in [0.25, 0.3) is 0 Å². The summed E-state index contributed by atoms with van der Waals surface area (Å²) in [7, 11) is -2.68. The van der Waals surface area contributed by atoms with Gasteiger partial charge in [-0.3, -0.25) is 13.9 Å². The molecule has 218 valence electrons. The molecule has 0 unspecified atom stereocenters. The normalized spacial score (nSPS) is 11.9. The van der Waals surface area contributed by atoms with E-state index in [1.54, 1.807) is 54.6 Å². The van der Waals surface area contributed by atoms with E-state index in [1.165, 1.54) is 24.1 Å². The van der Waals surface area contributed by atoms with Gasteiger partial charge in [-0.15, -0.1) is 0 Å². The number of nitrogens with one attached hydrogen (secondary N) is 1. The van der Waals surface area contributed by atoms with E-state index in [-0.39, 0.29) is 17.9 Å². The van der Waals surface area contributed by atoms with Crippen molar-refractivity contribution < 1.29 is 18.0 Å². The molecule has 0 saturated carbocycles. The zero-order valence-electron chi connectivity index (χ0n) is 23.2. The van der Waals surface area contributed by atoms with E-state index in [4.69, 9.17) is 23.2 Å². The highest BCUT2D eigenvalue weighted by Gasteiger charge is 2.35. The number of aryl methyl sites for hydroxylation is 1. The van der Waals surface area contributed by atoms with Crippen LogP contribution < -0.4 is 9.62 Å². The molecule has 4 aromatic rings. The summed E-state index contributed by atoms with van der Waals surface area (Å²) in [6.45, 7) is 1.16. The topological polar surface area (TPSA) is 86.8 Å². The Bertz CT molecular complexity index is 1630. The lowest BCUT2D eigenvalue weighted by Gasteiger charge is -2.34. The minimum Gasteiger partial charge on any atom is -0.357 e. The summed E-state index contributed by atoms with van der Waals surface area (Å²) in [5.41, 5.74) is 2.41. The summed E-state index contributed by atoms with van der Waals surface area (Å²) in [6.07, 6.45) is 0.185. The van der Waals surface area contributed by atoms with Crippen LogP contribution in [0.2, 0.25) is 10.0 Å². The molecular weight excluding hydrogens is 593 g/mol. The maximum absolute atomic E-state index is 14.3. The Kier molecular flexibility index (Phi) is 10.3. The quantitative estimate of drug-likeness (QED) is 0.226. The molecule has 2 amide bonds. The van der Waals surface area contributed by atoms with Gasteiger partial charge in [-0.05, 0) is 54.4 Å². The van der Waals surface area contributed by atoms with Gasteiger partial charge in [0.1, 0.15) is 12.6 Å². The maximum atomic E-state index is 14.3. The molecule has 0 radical (unpaired) electrons. The van der Waals surface area contributed by atoms with Crippen molar-refractivity contribution in [1.82, 2.24) is 10.2 Å². The Morgan fingerprint density at radius 1 is 0.833 bits per heavy atom. The molecular formula is C32H31Cl2N3O4S. The van der Waals surface area contributed by atoms with Gasteiger partial charge in [0.15, 0.2) is 0 Å². The number of anilines is 1. The number of likely N-dealkylation sites (N-methyl/N-ethyl adjacent to an activating group) is 1. The molecule has 1 atom stereocenters. The van der Waals surface area contributed by atoms with Crippen LogP contribution in [0.5, 0.6) is 0 Å². The first-order valence-corrected chi connectivity index (χ1v) is 15.4. The zero-order chi connectivity index (χ0) is 30.3. The summed E-state index contributed by atoms with van der Waals surface area (Å²) >= 11 is 13.0. The molecule has 0 spiro atoms. The number of carbonyl (C=O) groups excluding carboxylic acids is 2. The van der Waals surface area contributed by atoms with E-state index < -0.39 is 34.4 Å². The Morgan fingerprint density at radius 2 is 1.43 bits per heavy atom. The molecule has 42 heavy (non-hydrogen) atoms. The van der Waals surface area contributed by atoms with Crippen LogP contribution in [-0.4, -0.2) is 44.8 Å². The fraction of sp³-hybridized carbons (Fsp3) is 0.188. The molecule has 0 aliphatic carbocycles. The van der Waals surface area contributed by atoms with Crippen molar-refractivity contribution in [1.29, 1.82) is 0 Å². The van der Waals surface area contributed by atoms with Crippen LogP contribution in [0, 0.1) is 6.92 Å². The minimum absolute atomic E-state index is 0.0344. The molecule has 0 fully saturated rings. The second-order valence-electron chi connectivity index (χ2n) is 9.71. The summed E-state index contributed by atoms with van der Waals surface area (Å²) in [4.78, 5) is 29.0. The first-order chi connectivity index (χ1) is 20.1. The van der Waals surface area contributed by atoms with Crippen molar-refractivity contribution in [2.24, 2.45) is 0 Å². The lowest BCUT2D eigenvalue weighted by atomic mass is 10.0. The van der Waals surface area contributed by atoms with Crippen LogP contribution in [0.3, 0.4) is 0 Å². The Labute approximate surface area is 256 Å². The fourth-order valence-corrected chi connectivity index (χ4v) is 6.55. The van der Waals surface area contributed by atoms with E-state index in [0.29, 0.717) is 21.3 Å². The molecule has 4 rings (SSSR count). The monoisotopic (exact) mass is 623 g/mol. The SMILES string of the molecule is CNC(=O)[C@H](Cc1ccccc1)N(Cc1c(Cl)cccc1Cl)C(=O)CN(c1cccc(C)c1)S(=O)(=O)c1ccccc1. The third kappa shape index (κ3) is 7.31. The highest BCUT2D eigenvalue weighted by molar-refractivity contribution is 7.92. The Balaban J connectivity index is 1.82. The summed E-state index contributed by atoms with van der Waals surface area (Å²) < 4.78 is 29.0. The molecule has 0 aliphatic heterocycles. The molecule has 7 nitrogen and oxygen atoms in total. The van der Waals surface area contributed by atoms with E-state index in [9.17, 15) is 18.0 Å². The zero-order valence-corrected chi connectivity index (χ0v) is 25.5. The second-order valence-corrected chi connectivity index (χ2v) is 12.4. The van der Waals surface area contributed by atoms with Gasteiger partial charge < -0.3 is 10.2 Å². The van der Waals surface area contributed by atoms with Crippen molar-refractivity contribution in [3.05, 3.63) is 130 Å². The largest absolute Gasteiger partial charge is 0.357 e. The smallest absolute Gasteiger partial charge is 0.264 e. The third-order valence-electron chi connectivity index (χ3n) is 6.81. The van der Waals surface area contributed by atoms with Crippen molar-refractivity contribution >= 4 is 50.7 Å². The molecule has 4 aromatic carbocycles. The Morgan fingerprint density at radius 3 is 2.02 bits per heavy atom. The van der Waals surface area contributed by atoms with Crippen LogP contribution in [-0.2, 0) is 32.6 Å². The van der Waals surface area contributed by atoms with Crippen LogP contribution in [0.4, 0.5) is 5.69 Å². The van der Waals surface area contributed by atoms with Crippen molar-refractivity contribution in [3.8, 4) is 0 Å². The second kappa shape index (κ2) is 13.9. The van der Waals surface area contributed by atoms with E-state index in [1.807, 2.05) is 43.3 Å². The standard InChI is InChI=1S/C32H31Cl2N3O4S/c1-23-11-9-14-25(19-23)37(42(40,41)26-15-7-4-8-16-26)22-31(38)36(21-27-28(33)17-10-18-29(27)34)30(32(39)35-2)20-24-12-5-3-6-13-24/h3-19,30H,20-22H2,1-2H3,(H,35,39)/t30-/m0/s1. The molecule has 0 aromatic heterocycles. The predicted octanol–water partition coefficient (Wildman–Crippen LogP) is 5.88. The van der Waals surface area contributed by atoms with E-state index in [0.717, 1.165) is 15.4 Å². The number of nitrogens with zero attached hydrogens (tertiary/aromatic N) is 2. The number of rotatable bonds is 11. The average Bonchev–Trinajstić information content (AvgIpc) is 2.99. The number of hydrogen-bond acceptors (Lipinski definition) is 4. The van der Waals surface area contributed by atoms with Gasteiger partial charge in [0, 0.05) is 35.6 Å². The molecule has 0 aliphatic rings. The summed E-state index contributed by atoms with van der Waals surface area (Å²) in [5, 5.41) is 3.30. The first kappa shape index (κ1) is 31.1. The van der Waals surface area contributed by atoms with Crippen LogP contribution in [0.15, 0.2) is 108 Å². The van der Waals surface area contributed by atoms with Crippen molar-refractivity contribution in [3.63, 3.8) is 0 Å². The highest BCUT2D eigenvalue weighted by Crippen LogP contribution is 2.29. The van der Waals surface area contributed by atoms with Gasteiger partial charge in [0.25, 0.3) is 10.0 Å². The van der Waals surface area contributed by atoms with Gasteiger partial charge in [-0.1, -0.05) is 89.9 Å². The number of amides is 2. The van der Waals surface area contributed by atoms with Crippen molar-refractivity contribution in [2.45, 2.75) is 30.8 Å². The van der Waals surface area contributed by atoms with Gasteiger partial charge in [0.05, 0.1) is 10.6 Å². The van der Waals surface area contributed by atoms with Gasteiger partial charge >= 0.3 is 0 Å². The highest BCUT2D eigenvalue weighted by atomic mass is 35.5. The van der Waals surface area contributed by atoms with Crippen LogP contribution in [0.1, 0.15) is 16.7 Å². The van der Waals surface area contributed by atoms with Gasteiger partial charge in [0.2, 0.25) is 11.8 Å². The summed E-state index contributed by atoms with van der Waals surface area (Å²) in [6, 6.07) is 28.1. The van der Waals surface area contributed by atoms with Gasteiger partial charge in [-0.2, -0.15) is 0 Å². The molecule has 0 heterocycles. The molecule has 0 bridgehead atoms. The number of hydrogen-bond donors (Lipinski definition) is 1. The van der Waals surface area contributed by atoms with Crippen molar-refractivity contribution in [2.75, 3.05) is 17.9 Å². The molecule has 1 N–H and O–H groups in total. The fourth-order valence-electron chi connectivity index (χ4n) is 4.61. The van der Waals surface area contributed by atoms with E-state index in [2.05, 4.69) is 5.32 Å². The number of carbonyl (C=O) groups is 2. The minimum atomic E-state index is -4.17. The number of halogens is 2. The lowest BCUT2D eigenvalue weighted by Crippen LogP contribution is -2.53. The molecule has 10 heteroatoms. The predicted molar refractivity (Wildman–Crippen MR) is 167 cm³/mol.